The number of amides is 3. The van der Waals surface area contributed by atoms with Crippen LogP contribution in [0, 0.1) is 0 Å². The van der Waals surface area contributed by atoms with Gasteiger partial charge in [0.2, 0.25) is 11.8 Å². The van der Waals surface area contributed by atoms with Crippen LogP contribution >= 0.6 is 0 Å². The molecule has 27 heavy (non-hydrogen) atoms. The van der Waals surface area contributed by atoms with E-state index < -0.39 is 5.91 Å². The summed E-state index contributed by atoms with van der Waals surface area (Å²) in [5, 5.41) is 3.58. The van der Waals surface area contributed by atoms with Crippen LogP contribution in [-0.4, -0.2) is 22.7 Å². The molecule has 0 aliphatic rings. The topological polar surface area (TPSA) is 100 Å². The van der Waals surface area contributed by atoms with Gasteiger partial charge in [0.25, 0.3) is 5.91 Å². The minimum Gasteiger partial charge on any atom is -0.326 e. The molecule has 0 fully saturated rings. The molecule has 2 aromatic carbocycles. The Morgan fingerprint density at radius 2 is 1.63 bits per heavy atom. The summed E-state index contributed by atoms with van der Waals surface area (Å²) >= 11 is 0. The molecule has 0 radical (unpaired) electrons. The van der Waals surface area contributed by atoms with E-state index in [2.05, 4.69) is 21.2 Å². The second-order valence-electron chi connectivity index (χ2n) is 5.95. The Balaban J connectivity index is 1.54. The Kier molecular flexibility index (Phi) is 5.41. The third-order valence-corrected chi connectivity index (χ3v) is 3.79. The molecule has 1 heterocycles. The third-order valence-electron chi connectivity index (χ3n) is 3.79. The average Bonchev–Trinajstić information content (AvgIpc) is 2.67. The smallest absolute Gasteiger partial charge is 0.288 e. The van der Waals surface area contributed by atoms with Crippen LogP contribution < -0.4 is 16.2 Å². The van der Waals surface area contributed by atoms with Gasteiger partial charge in [0.1, 0.15) is 5.69 Å². The first-order valence-corrected chi connectivity index (χ1v) is 8.33. The van der Waals surface area contributed by atoms with Crippen molar-refractivity contribution in [2.75, 3.05) is 5.32 Å². The lowest BCUT2D eigenvalue weighted by Gasteiger charge is -2.08. The molecule has 0 saturated heterocycles. The lowest BCUT2D eigenvalue weighted by molar-refractivity contribution is -0.121. The van der Waals surface area contributed by atoms with Gasteiger partial charge in [-0.2, -0.15) is 0 Å². The van der Waals surface area contributed by atoms with Gasteiger partial charge >= 0.3 is 0 Å². The zero-order chi connectivity index (χ0) is 19.2. The molecule has 3 rings (SSSR count). The first-order valence-electron chi connectivity index (χ1n) is 8.33. The van der Waals surface area contributed by atoms with Gasteiger partial charge in [0, 0.05) is 18.0 Å². The number of nitrogens with one attached hydrogen (secondary N) is 3. The van der Waals surface area contributed by atoms with Crippen molar-refractivity contribution in [3.8, 4) is 0 Å². The van der Waals surface area contributed by atoms with Crippen LogP contribution in [0.5, 0.6) is 0 Å². The van der Waals surface area contributed by atoms with Gasteiger partial charge in [-0.05, 0) is 29.8 Å². The van der Waals surface area contributed by atoms with E-state index >= 15 is 0 Å². The Labute approximate surface area is 155 Å². The highest BCUT2D eigenvalue weighted by atomic mass is 16.2. The highest BCUT2D eigenvalue weighted by molar-refractivity contribution is 5.96. The number of pyridine rings is 1. The summed E-state index contributed by atoms with van der Waals surface area (Å²) in [7, 11) is 0. The van der Waals surface area contributed by atoms with Gasteiger partial charge in [0.05, 0.1) is 11.9 Å². The van der Waals surface area contributed by atoms with E-state index in [4.69, 9.17) is 0 Å². The van der Waals surface area contributed by atoms with Crippen molar-refractivity contribution in [3.63, 3.8) is 0 Å². The molecule has 136 valence electrons. The standard InChI is InChI=1S/C20H18N4O3/c1-13(25)21-16-9-6-14(7-10-16)12-19(26)23-24-20(27)18-11-8-15-4-2-3-5-17(15)22-18/h2-11H,12H2,1H3,(H,21,25)(H,23,26)(H,24,27). The van der Waals surface area contributed by atoms with Gasteiger partial charge in [0.15, 0.2) is 0 Å². The quantitative estimate of drug-likeness (QED) is 0.620. The number of rotatable bonds is 4. The Morgan fingerprint density at radius 1 is 0.889 bits per heavy atom. The number of benzene rings is 2. The molecule has 0 aliphatic heterocycles. The molecule has 3 amide bonds. The van der Waals surface area contributed by atoms with Crippen LogP contribution in [0.25, 0.3) is 10.9 Å². The van der Waals surface area contributed by atoms with Crippen molar-refractivity contribution >= 4 is 34.3 Å². The fraction of sp³-hybridized carbons (Fsp3) is 0.100. The number of aromatic nitrogens is 1. The molecular formula is C20H18N4O3. The highest BCUT2D eigenvalue weighted by Gasteiger charge is 2.10. The maximum absolute atomic E-state index is 12.2. The molecule has 3 aromatic rings. The summed E-state index contributed by atoms with van der Waals surface area (Å²) in [4.78, 5) is 39.4. The maximum Gasteiger partial charge on any atom is 0.288 e. The van der Waals surface area contributed by atoms with Crippen molar-refractivity contribution in [1.82, 2.24) is 15.8 Å². The minimum absolute atomic E-state index is 0.0891. The summed E-state index contributed by atoms with van der Waals surface area (Å²) in [5.41, 5.74) is 7.06. The summed E-state index contributed by atoms with van der Waals surface area (Å²) < 4.78 is 0. The predicted molar refractivity (Wildman–Crippen MR) is 102 cm³/mol. The van der Waals surface area contributed by atoms with Crippen LogP contribution in [0.4, 0.5) is 5.69 Å². The molecule has 0 saturated carbocycles. The van der Waals surface area contributed by atoms with Crippen LogP contribution in [-0.2, 0) is 16.0 Å². The normalized spacial score (nSPS) is 10.3. The summed E-state index contributed by atoms with van der Waals surface area (Å²) in [6, 6.07) is 17.7. The molecule has 1 aromatic heterocycles. The number of hydrogen-bond donors (Lipinski definition) is 3. The fourth-order valence-electron chi connectivity index (χ4n) is 2.52. The lowest BCUT2D eigenvalue weighted by atomic mass is 10.1. The second-order valence-corrected chi connectivity index (χ2v) is 5.95. The number of carbonyl (C=O) groups excluding carboxylic acids is 3. The van der Waals surface area contributed by atoms with Gasteiger partial charge < -0.3 is 5.32 Å². The number of nitrogens with zero attached hydrogens (tertiary/aromatic N) is 1. The monoisotopic (exact) mass is 362 g/mol. The minimum atomic E-state index is -0.491. The highest BCUT2D eigenvalue weighted by Crippen LogP contribution is 2.12. The number of anilines is 1. The molecule has 0 aliphatic carbocycles. The fourth-order valence-corrected chi connectivity index (χ4v) is 2.52. The zero-order valence-corrected chi connectivity index (χ0v) is 14.7. The van der Waals surface area contributed by atoms with E-state index in [1.165, 1.54) is 6.92 Å². The van der Waals surface area contributed by atoms with E-state index in [0.29, 0.717) is 11.2 Å². The number of carbonyl (C=O) groups is 3. The molecular weight excluding hydrogens is 344 g/mol. The summed E-state index contributed by atoms with van der Waals surface area (Å²) in [5.74, 6) is -1.02. The number of fused-ring (bicyclic) bond motifs is 1. The number of hydrazine groups is 1. The van der Waals surface area contributed by atoms with Crippen LogP contribution in [0.3, 0.4) is 0 Å². The average molecular weight is 362 g/mol. The van der Waals surface area contributed by atoms with E-state index in [0.717, 1.165) is 10.9 Å². The van der Waals surface area contributed by atoms with E-state index in [-0.39, 0.29) is 23.9 Å². The largest absolute Gasteiger partial charge is 0.326 e. The molecule has 7 nitrogen and oxygen atoms in total. The van der Waals surface area contributed by atoms with Crippen molar-refractivity contribution in [1.29, 1.82) is 0 Å². The van der Waals surface area contributed by atoms with Gasteiger partial charge in [-0.25, -0.2) is 4.98 Å². The van der Waals surface area contributed by atoms with Crippen molar-refractivity contribution in [2.45, 2.75) is 13.3 Å². The van der Waals surface area contributed by atoms with Crippen LogP contribution in [0.15, 0.2) is 60.7 Å². The zero-order valence-electron chi connectivity index (χ0n) is 14.7. The number of para-hydroxylation sites is 1. The maximum atomic E-state index is 12.2. The van der Waals surface area contributed by atoms with Gasteiger partial charge in [-0.3, -0.25) is 25.2 Å². The van der Waals surface area contributed by atoms with Crippen molar-refractivity contribution in [3.05, 3.63) is 71.9 Å². The third kappa shape index (κ3) is 4.88. The molecule has 0 spiro atoms. The lowest BCUT2D eigenvalue weighted by Crippen LogP contribution is -2.42. The molecule has 0 atom stereocenters. The first kappa shape index (κ1) is 18.1. The van der Waals surface area contributed by atoms with Crippen molar-refractivity contribution in [2.24, 2.45) is 0 Å². The predicted octanol–water partition coefficient (Wildman–Crippen LogP) is 2.20. The molecule has 3 N–H and O–H groups in total. The van der Waals surface area contributed by atoms with Gasteiger partial charge in [-0.15, -0.1) is 0 Å². The summed E-state index contributed by atoms with van der Waals surface area (Å²) in [6.07, 6.45) is 0.0891. The summed E-state index contributed by atoms with van der Waals surface area (Å²) in [6.45, 7) is 1.43. The SMILES string of the molecule is CC(=O)Nc1ccc(CC(=O)NNC(=O)c2ccc3ccccc3n2)cc1. The van der Waals surface area contributed by atoms with Gasteiger partial charge in [-0.1, -0.05) is 36.4 Å². The Hall–Kier alpha value is -3.74. The van der Waals surface area contributed by atoms with Crippen LogP contribution in [0.1, 0.15) is 23.0 Å². The van der Waals surface area contributed by atoms with E-state index in [9.17, 15) is 14.4 Å². The van der Waals surface area contributed by atoms with Crippen molar-refractivity contribution < 1.29 is 14.4 Å². The Morgan fingerprint density at radius 3 is 2.37 bits per heavy atom. The molecule has 0 bridgehead atoms. The van der Waals surface area contributed by atoms with Crippen LogP contribution in [0.2, 0.25) is 0 Å². The second kappa shape index (κ2) is 8.09. The Bertz CT molecular complexity index is 1000. The van der Waals surface area contributed by atoms with E-state index in [1.807, 2.05) is 24.3 Å². The molecule has 7 heteroatoms. The first-order chi connectivity index (χ1) is 13.0. The number of hydrogen-bond acceptors (Lipinski definition) is 4. The van der Waals surface area contributed by atoms with E-state index in [1.54, 1.807) is 36.4 Å². The molecule has 0 unspecified atom stereocenters.